The predicted molar refractivity (Wildman–Crippen MR) is 116 cm³/mol. The Hall–Kier alpha value is -2.96. The van der Waals surface area contributed by atoms with Crippen molar-refractivity contribution in [2.24, 2.45) is 0 Å². The minimum atomic E-state index is -3.62. The second-order valence-corrected chi connectivity index (χ2v) is 9.21. The van der Waals surface area contributed by atoms with E-state index in [1.807, 2.05) is 79.2 Å². The number of aromatic nitrogens is 2. The smallest absolute Gasteiger partial charge is 0.238 e. The van der Waals surface area contributed by atoms with E-state index < -0.39 is 10.0 Å². The first kappa shape index (κ1) is 19.4. The molecule has 0 spiro atoms. The number of benzene rings is 3. The van der Waals surface area contributed by atoms with Gasteiger partial charge in [0.1, 0.15) is 0 Å². The van der Waals surface area contributed by atoms with Crippen molar-refractivity contribution in [1.29, 1.82) is 0 Å². The van der Waals surface area contributed by atoms with Crippen LogP contribution in [0, 0.1) is 13.8 Å². The van der Waals surface area contributed by atoms with E-state index in [-0.39, 0.29) is 6.54 Å². The predicted octanol–water partition coefficient (Wildman–Crippen LogP) is 4.46. The van der Waals surface area contributed by atoms with E-state index >= 15 is 0 Å². The van der Waals surface area contributed by atoms with Gasteiger partial charge in [0.2, 0.25) is 10.0 Å². The molecule has 0 saturated heterocycles. The number of para-hydroxylation sites is 1. The van der Waals surface area contributed by atoms with Crippen molar-refractivity contribution < 1.29 is 8.42 Å². The summed E-state index contributed by atoms with van der Waals surface area (Å²) in [5, 5.41) is 6.55. The van der Waals surface area contributed by atoms with Gasteiger partial charge in [0, 0.05) is 24.8 Å². The normalized spacial score (nSPS) is 12.0. The van der Waals surface area contributed by atoms with Crippen LogP contribution in [0.25, 0.3) is 16.5 Å². The number of aryl methyl sites for hydroxylation is 1. The molecule has 0 aliphatic heterocycles. The monoisotopic (exact) mass is 405 g/mol. The lowest BCUT2D eigenvalue weighted by molar-refractivity contribution is 0.465. The molecule has 0 saturated carbocycles. The highest BCUT2D eigenvalue weighted by atomic mass is 32.2. The minimum Gasteiger partial charge on any atom is -0.238 e. The first-order valence-electron chi connectivity index (χ1n) is 9.43. The van der Waals surface area contributed by atoms with Crippen LogP contribution < -0.4 is 0 Å². The maximum atomic E-state index is 13.2. The number of nitrogens with zero attached hydrogens (tertiary/aromatic N) is 3. The van der Waals surface area contributed by atoms with Crippen molar-refractivity contribution in [2.75, 3.05) is 7.05 Å². The van der Waals surface area contributed by atoms with Gasteiger partial charge in [0.05, 0.1) is 16.3 Å². The summed E-state index contributed by atoms with van der Waals surface area (Å²) in [4.78, 5) is 0.296. The molecule has 1 aromatic heterocycles. The Morgan fingerprint density at radius 2 is 1.55 bits per heavy atom. The van der Waals surface area contributed by atoms with Crippen molar-refractivity contribution in [3.05, 3.63) is 89.7 Å². The second kappa shape index (κ2) is 7.46. The Balaban J connectivity index is 1.66. The molecule has 0 aliphatic rings. The van der Waals surface area contributed by atoms with Crippen molar-refractivity contribution >= 4 is 20.8 Å². The topological polar surface area (TPSA) is 55.2 Å². The number of hydrogen-bond acceptors (Lipinski definition) is 3. The van der Waals surface area contributed by atoms with Crippen LogP contribution in [0.1, 0.15) is 17.0 Å². The summed E-state index contributed by atoms with van der Waals surface area (Å²) in [7, 11) is -2.01. The third-order valence-electron chi connectivity index (χ3n) is 5.25. The third-order valence-corrected chi connectivity index (χ3v) is 7.05. The zero-order valence-corrected chi connectivity index (χ0v) is 17.5. The molecule has 0 N–H and O–H groups in total. The van der Waals surface area contributed by atoms with Crippen LogP contribution in [0.15, 0.2) is 77.7 Å². The lowest BCUT2D eigenvalue weighted by Crippen LogP contribution is -2.27. The van der Waals surface area contributed by atoms with Crippen LogP contribution in [0.3, 0.4) is 0 Å². The Labute approximate surface area is 171 Å². The molecule has 0 unspecified atom stereocenters. The molecule has 0 bridgehead atoms. The first-order chi connectivity index (χ1) is 13.9. The summed E-state index contributed by atoms with van der Waals surface area (Å²) < 4.78 is 29.6. The zero-order valence-electron chi connectivity index (χ0n) is 16.7. The molecule has 1 heterocycles. The largest absolute Gasteiger partial charge is 0.243 e. The van der Waals surface area contributed by atoms with Crippen LogP contribution in [0.2, 0.25) is 0 Å². The van der Waals surface area contributed by atoms with Gasteiger partial charge in [-0.2, -0.15) is 9.40 Å². The van der Waals surface area contributed by atoms with Gasteiger partial charge in [-0.1, -0.05) is 48.5 Å². The van der Waals surface area contributed by atoms with Crippen LogP contribution in [0.5, 0.6) is 0 Å². The molecule has 0 fully saturated rings. The molecule has 0 atom stereocenters. The van der Waals surface area contributed by atoms with Crippen LogP contribution in [-0.2, 0) is 16.6 Å². The molecule has 5 nitrogen and oxygen atoms in total. The molecule has 6 heteroatoms. The maximum absolute atomic E-state index is 13.2. The fourth-order valence-corrected chi connectivity index (χ4v) is 4.71. The van der Waals surface area contributed by atoms with Crippen molar-refractivity contribution in [2.45, 2.75) is 25.3 Å². The quantitative estimate of drug-likeness (QED) is 0.492. The summed E-state index contributed by atoms with van der Waals surface area (Å²) in [6, 6.07) is 22.8. The molecule has 29 heavy (non-hydrogen) atoms. The Morgan fingerprint density at radius 1 is 0.897 bits per heavy atom. The Morgan fingerprint density at radius 3 is 2.28 bits per heavy atom. The van der Waals surface area contributed by atoms with Gasteiger partial charge in [-0.25, -0.2) is 13.1 Å². The molecule has 4 aromatic rings. The van der Waals surface area contributed by atoms with Crippen LogP contribution >= 0.6 is 0 Å². The molecule has 148 valence electrons. The number of hydrogen-bond donors (Lipinski definition) is 0. The Kier molecular flexibility index (Phi) is 4.98. The van der Waals surface area contributed by atoms with E-state index in [2.05, 4.69) is 5.10 Å². The van der Waals surface area contributed by atoms with Crippen molar-refractivity contribution in [3.8, 4) is 5.69 Å². The average Bonchev–Trinajstić information content (AvgIpc) is 3.02. The fourth-order valence-electron chi connectivity index (χ4n) is 3.54. The molecular weight excluding hydrogens is 382 g/mol. The summed E-state index contributed by atoms with van der Waals surface area (Å²) in [5.74, 6) is 0. The van der Waals surface area contributed by atoms with E-state index in [0.717, 1.165) is 33.4 Å². The van der Waals surface area contributed by atoms with Gasteiger partial charge in [0.25, 0.3) is 0 Å². The molecule has 0 radical (unpaired) electrons. The van der Waals surface area contributed by atoms with E-state index in [4.69, 9.17) is 0 Å². The van der Waals surface area contributed by atoms with Crippen LogP contribution in [-0.4, -0.2) is 29.6 Å². The molecule has 0 amide bonds. The number of sulfonamides is 1. The molecule has 4 rings (SSSR count). The third kappa shape index (κ3) is 3.57. The zero-order chi connectivity index (χ0) is 20.6. The van der Waals surface area contributed by atoms with Crippen molar-refractivity contribution in [1.82, 2.24) is 14.1 Å². The second-order valence-electron chi connectivity index (χ2n) is 7.17. The summed E-state index contributed by atoms with van der Waals surface area (Å²) >= 11 is 0. The maximum Gasteiger partial charge on any atom is 0.243 e. The lowest BCUT2D eigenvalue weighted by Gasteiger charge is -2.18. The van der Waals surface area contributed by atoms with E-state index in [9.17, 15) is 8.42 Å². The van der Waals surface area contributed by atoms with Gasteiger partial charge < -0.3 is 0 Å². The summed E-state index contributed by atoms with van der Waals surface area (Å²) in [6.07, 6.45) is 0. The molecule has 3 aromatic carbocycles. The van der Waals surface area contributed by atoms with Gasteiger partial charge >= 0.3 is 0 Å². The summed E-state index contributed by atoms with van der Waals surface area (Å²) in [6.45, 7) is 4.15. The first-order valence-corrected chi connectivity index (χ1v) is 10.9. The number of fused-ring (bicyclic) bond motifs is 1. The molecule has 0 aliphatic carbocycles. The SMILES string of the molecule is Cc1nn(-c2ccccc2)c(C)c1CN(C)S(=O)(=O)c1ccc2ccccc2c1. The highest BCUT2D eigenvalue weighted by molar-refractivity contribution is 7.89. The fraction of sp³-hybridized carbons (Fsp3) is 0.174. The Bertz CT molecular complexity index is 1280. The molecular formula is C23H23N3O2S. The van der Waals surface area contributed by atoms with Crippen molar-refractivity contribution in [3.63, 3.8) is 0 Å². The van der Waals surface area contributed by atoms with E-state index in [0.29, 0.717) is 4.90 Å². The highest BCUT2D eigenvalue weighted by Gasteiger charge is 2.24. The lowest BCUT2D eigenvalue weighted by atomic mass is 10.1. The van der Waals surface area contributed by atoms with Gasteiger partial charge in [-0.05, 0) is 48.9 Å². The van der Waals surface area contributed by atoms with E-state index in [1.54, 1.807) is 19.2 Å². The van der Waals surface area contributed by atoms with Gasteiger partial charge in [-0.3, -0.25) is 0 Å². The van der Waals surface area contributed by atoms with Gasteiger partial charge in [0.15, 0.2) is 0 Å². The highest BCUT2D eigenvalue weighted by Crippen LogP contribution is 2.25. The van der Waals surface area contributed by atoms with Crippen LogP contribution in [0.4, 0.5) is 0 Å². The van der Waals surface area contributed by atoms with E-state index in [1.165, 1.54) is 4.31 Å². The standard InChI is InChI=1S/C23H23N3O2S/c1-17-23(18(2)26(24-17)21-11-5-4-6-12-21)16-25(3)29(27,28)22-14-13-19-9-7-8-10-20(19)15-22/h4-15H,16H2,1-3H3. The average molecular weight is 406 g/mol. The minimum absolute atomic E-state index is 0.264. The summed E-state index contributed by atoms with van der Waals surface area (Å²) in [5.41, 5.74) is 3.64. The number of rotatable bonds is 5. The van der Waals surface area contributed by atoms with Gasteiger partial charge in [-0.15, -0.1) is 0 Å².